The van der Waals surface area contributed by atoms with Gasteiger partial charge in [-0.15, -0.1) is 11.6 Å². The van der Waals surface area contributed by atoms with E-state index in [9.17, 15) is 14.4 Å². The molecular weight excluding hydrogens is 294 g/mol. The maximum absolute atomic E-state index is 12.0. The van der Waals surface area contributed by atoms with Crippen molar-refractivity contribution < 1.29 is 14.4 Å². The predicted molar refractivity (Wildman–Crippen MR) is 78.9 cm³/mol. The maximum Gasteiger partial charge on any atom is 0.243 e. The third-order valence-electron chi connectivity index (χ3n) is 3.20. The molecule has 7 heteroatoms. The second kappa shape index (κ2) is 7.08. The fourth-order valence-corrected chi connectivity index (χ4v) is 2.36. The average molecular weight is 310 g/mol. The summed E-state index contributed by atoms with van der Waals surface area (Å²) in [4.78, 5) is 37.0. The second-order valence-corrected chi connectivity index (χ2v) is 4.91. The van der Waals surface area contributed by atoms with Gasteiger partial charge in [-0.25, -0.2) is 0 Å². The smallest absolute Gasteiger partial charge is 0.243 e. The number of carbonyl (C=O) groups excluding carboxylic acids is 3. The van der Waals surface area contributed by atoms with Crippen molar-refractivity contribution in [3.63, 3.8) is 0 Å². The summed E-state index contributed by atoms with van der Waals surface area (Å²) < 4.78 is 0. The number of hydrogen-bond acceptors (Lipinski definition) is 3. The molecule has 0 radical (unpaired) electrons. The van der Waals surface area contributed by atoms with Crippen LogP contribution in [0.4, 0.5) is 5.69 Å². The molecule has 1 aromatic carbocycles. The second-order valence-electron chi connectivity index (χ2n) is 4.65. The minimum atomic E-state index is -0.811. The molecule has 1 aliphatic rings. The van der Waals surface area contributed by atoms with E-state index < -0.39 is 6.04 Å². The van der Waals surface area contributed by atoms with Gasteiger partial charge in [-0.05, 0) is 12.1 Å². The highest BCUT2D eigenvalue weighted by atomic mass is 35.5. The van der Waals surface area contributed by atoms with Crippen LogP contribution in [0.3, 0.4) is 0 Å². The Kier molecular flexibility index (Phi) is 5.16. The molecule has 2 rings (SSSR count). The number of para-hydroxylation sites is 1. The lowest BCUT2D eigenvalue weighted by atomic mass is 10.1. The van der Waals surface area contributed by atoms with E-state index >= 15 is 0 Å². The summed E-state index contributed by atoms with van der Waals surface area (Å²) in [6.45, 7) is 0.735. The molecule has 0 spiro atoms. The number of halogens is 1. The lowest BCUT2D eigenvalue weighted by Gasteiger charge is -2.34. The van der Waals surface area contributed by atoms with Gasteiger partial charge in [0.15, 0.2) is 0 Å². The average Bonchev–Trinajstić information content (AvgIpc) is 2.49. The van der Waals surface area contributed by atoms with Crippen molar-refractivity contribution in [1.29, 1.82) is 0 Å². The highest BCUT2D eigenvalue weighted by Gasteiger charge is 2.34. The van der Waals surface area contributed by atoms with E-state index in [2.05, 4.69) is 10.6 Å². The van der Waals surface area contributed by atoms with Gasteiger partial charge < -0.3 is 15.5 Å². The van der Waals surface area contributed by atoms with E-state index in [-0.39, 0.29) is 30.0 Å². The largest absolute Gasteiger partial charge is 0.353 e. The number of nitrogens with one attached hydrogen (secondary N) is 2. The van der Waals surface area contributed by atoms with E-state index in [0.717, 1.165) is 0 Å². The van der Waals surface area contributed by atoms with Crippen molar-refractivity contribution in [2.24, 2.45) is 0 Å². The number of hydrogen-bond donors (Lipinski definition) is 2. The van der Waals surface area contributed by atoms with Gasteiger partial charge >= 0.3 is 0 Å². The molecule has 1 atom stereocenters. The third-order valence-corrected chi connectivity index (χ3v) is 3.43. The molecule has 0 bridgehead atoms. The molecule has 3 amide bonds. The number of alkyl halides is 1. The SMILES string of the molecule is O=C(C[C@H]1C(=O)NCCN1C(=O)CCl)Nc1ccccc1. The Morgan fingerprint density at radius 1 is 1.33 bits per heavy atom. The Morgan fingerprint density at radius 3 is 2.71 bits per heavy atom. The Hall–Kier alpha value is -2.08. The van der Waals surface area contributed by atoms with Gasteiger partial charge in [0, 0.05) is 18.8 Å². The molecule has 1 aromatic rings. The number of carbonyl (C=O) groups is 3. The standard InChI is InChI=1S/C14H16ClN3O3/c15-9-13(20)18-7-6-16-14(21)11(18)8-12(19)17-10-4-2-1-3-5-10/h1-5,11H,6-9H2,(H,16,21)(H,17,19)/t11-/m0/s1. The van der Waals surface area contributed by atoms with Crippen LogP contribution in [-0.2, 0) is 14.4 Å². The molecule has 1 saturated heterocycles. The van der Waals surface area contributed by atoms with Crippen LogP contribution in [0.5, 0.6) is 0 Å². The molecule has 1 heterocycles. The van der Waals surface area contributed by atoms with Crippen LogP contribution in [0.25, 0.3) is 0 Å². The fourth-order valence-electron chi connectivity index (χ4n) is 2.20. The fraction of sp³-hybridized carbons (Fsp3) is 0.357. The van der Waals surface area contributed by atoms with Crippen LogP contribution >= 0.6 is 11.6 Å². The Balaban J connectivity index is 2.02. The van der Waals surface area contributed by atoms with Crippen LogP contribution in [0.15, 0.2) is 30.3 Å². The van der Waals surface area contributed by atoms with Gasteiger partial charge in [0.25, 0.3) is 0 Å². The van der Waals surface area contributed by atoms with Gasteiger partial charge in [0.2, 0.25) is 17.7 Å². The normalized spacial score (nSPS) is 18.0. The first-order valence-corrected chi connectivity index (χ1v) is 7.13. The monoisotopic (exact) mass is 309 g/mol. The first-order chi connectivity index (χ1) is 10.1. The zero-order valence-corrected chi connectivity index (χ0v) is 12.1. The molecule has 1 fully saturated rings. The summed E-state index contributed by atoms with van der Waals surface area (Å²) in [5.74, 6) is -1.20. The van der Waals surface area contributed by atoms with E-state index in [1.807, 2.05) is 6.07 Å². The molecule has 1 aliphatic heterocycles. The maximum atomic E-state index is 12.0. The van der Waals surface area contributed by atoms with Crippen LogP contribution in [0, 0.1) is 0 Å². The van der Waals surface area contributed by atoms with Gasteiger partial charge in [-0.1, -0.05) is 18.2 Å². The molecule has 0 aromatic heterocycles. The summed E-state index contributed by atoms with van der Waals surface area (Å²) in [6, 6.07) is 8.12. The van der Waals surface area contributed by atoms with Crippen molar-refractivity contribution in [3.8, 4) is 0 Å². The van der Waals surface area contributed by atoms with Crippen LogP contribution in [-0.4, -0.2) is 47.6 Å². The Morgan fingerprint density at radius 2 is 2.05 bits per heavy atom. The van der Waals surface area contributed by atoms with Gasteiger partial charge in [-0.2, -0.15) is 0 Å². The van der Waals surface area contributed by atoms with Crippen molar-refractivity contribution in [2.45, 2.75) is 12.5 Å². The molecule has 112 valence electrons. The molecular formula is C14H16ClN3O3. The Labute approximate surface area is 127 Å². The van der Waals surface area contributed by atoms with Gasteiger partial charge in [-0.3, -0.25) is 14.4 Å². The minimum Gasteiger partial charge on any atom is -0.353 e. The number of amides is 3. The molecule has 0 saturated carbocycles. The molecule has 21 heavy (non-hydrogen) atoms. The van der Waals surface area contributed by atoms with E-state index in [1.165, 1.54) is 4.90 Å². The number of benzene rings is 1. The van der Waals surface area contributed by atoms with Crippen LogP contribution in [0.2, 0.25) is 0 Å². The lowest BCUT2D eigenvalue weighted by molar-refractivity contribution is -0.143. The number of nitrogens with zero attached hydrogens (tertiary/aromatic N) is 1. The molecule has 0 aliphatic carbocycles. The number of piperazine rings is 1. The molecule has 6 nitrogen and oxygen atoms in total. The zero-order chi connectivity index (χ0) is 15.2. The van der Waals surface area contributed by atoms with E-state index in [0.29, 0.717) is 18.8 Å². The van der Waals surface area contributed by atoms with Crippen LogP contribution in [0.1, 0.15) is 6.42 Å². The van der Waals surface area contributed by atoms with E-state index in [4.69, 9.17) is 11.6 Å². The summed E-state index contributed by atoms with van der Waals surface area (Å²) in [5, 5.41) is 5.35. The van der Waals surface area contributed by atoms with Gasteiger partial charge in [0.05, 0.1) is 6.42 Å². The van der Waals surface area contributed by atoms with Crippen LogP contribution < -0.4 is 10.6 Å². The van der Waals surface area contributed by atoms with E-state index in [1.54, 1.807) is 24.3 Å². The number of anilines is 1. The summed E-state index contributed by atoms with van der Waals surface area (Å²) in [7, 11) is 0. The van der Waals surface area contributed by atoms with Gasteiger partial charge in [0.1, 0.15) is 11.9 Å². The minimum absolute atomic E-state index is 0.0939. The summed E-state index contributed by atoms with van der Waals surface area (Å²) in [5.41, 5.74) is 0.647. The predicted octanol–water partition coefficient (Wildman–Crippen LogP) is 0.581. The zero-order valence-electron chi connectivity index (χ0n) is 11.3. The Bertz CT molecular complexity index is 536. The topological polar surface area (TPSA) is 78.5 Å². The molecule has 0 unspecified atom stereocenters. The summed E-state index contributed by atoms with van der Waals surface area (Å²) in [6.07, 6.45) is -0.0939. The lowest BCUT2D eigenvalue weighted by Crippen LogP contribution is -2.58. The quantitative estimate of drug-likeness (QED) is 0.799. The first-order valence-electron chi connectivity index (χ1n) is 6.60. The highest BCUT2D eigenvalue weighted by molar-refractivity contribution is 6.27. The van der Waals surface area contributed by atoms with Crippen molar-refractivity contribution in [2.75, 3.05) is 24.3 Å². The number of rotatable bonds is 4. The first kappa shape index (κ1) is 15.3. The van der Waals surface area contributed by atoms with Crippen molar-refractivity contribution >= 4 is 35.0 Å². The van der Waals surface area contributed by atoms with Crippen molar-refractivity contribution in [3.05, 3.63) is 30.3 Å². The third kappa shape index (κ3) is 3.95. The van der Waals surface area contributed by atoms with Crippen molar-refractivity contribution in [1.82, 2.24) is 10.2 Å². The molecule has 2 N–H and O–H groups in total. The highest BCUT2D eigenvalue weighted by Crippen LogP contribution is 2.12. The summed E-state index contributed by atoms with van der Waals surface area (Å²) >= 11 is 5.54.